The summed E-state index contributed by atoms with van der Waals surface area (Å²) in [6, 6.07) is 12.0. The van der Waals surface area contributed by atoms with Gasteiger partial charge in [0.05, 0.1) is 0 Å². The van der Waals surface area contributed by atoms with Crippen molar-refractivity contribution in [3.05, 3.63) is 48.0 Å². The lowest BCUT2D eigenvalue weighted by molar-refractivity contribution is -0.132. The maximum Gasteiger partial charge on any atom is 0.330 e. The fraction of sp³-hybridized carbons (Fsp3) is 0.308. The molecule has 0 aliphatic heterocycles. The van der Waals surface area contributed by atoms with E-state index in [1.807, 2.05) is 36.4 Å². The maximum atomic E-state index is 9.86. The molecule has 0 unspecified atom stereocenters. The minimum absolute atomic E-state index is 0.389. The van der Waals surface area contributed by atoms with Crippen LogP contribution >= 0.6 is 25.3 Å². The number of benzene rings is 1. The second-order valence-electron chi connectivity index (χ2n) is 2.43. The normalized spacial score (nSPS) is 8.24. The van der Waals surface area contributed by atoms with Crippen LogP contribution in [0.5, 0.6) is 0 Å². The van der Waals surface area contributed by atoms with E-state index in [4.69, 9.17) is 5.11 Å². The molecule has 0 saturated carbocycles. The summed E-state index contributed by atoms with van der Waals surface area (Å²) in [4.78, 5) is 9.86. The monoisotopic (exact) mass is 274 g/mol. The lowest BCUT2D eigenvalue weighted by atomic mass is 10.3. The number of carbonyl (C=O) groups is 1. The van der Waals surface area contributed by atoms with Crippen LogP contribution in [0.3, 0.4) is 0 Å². The summed E-state index contributed by atoms with van der Waals surface area (Å²) < 4.78 is 0. The van der Waals surface area contributed by atoms with E-state index in [0.29, 0.717) is 5.57 Å². The molecule has 0 aromatic heterocycles. The van der Waals surface area contributed by atoms with Gasteiger partial charge in [-0.15, -0.1) is 0 Å². The van der Waals surface area contributed by atoms with Gasteiger partial charge in [-0.05, 0) is 26.4 Å². The van der Waals surface area contributed by atoms with Gasteiger partial charge in [-0.3, -0.25) is 0 Å². The van der Waals surface area contributed by atoms with Gasteiger partial charge >= 0.3 is 5.97 Å². The molecule has 2 nitrogen and oxygen atoms in total. The second-order valence-corrected chi connectivity index (χ2v) is 2.43. The van der Waals surface area contributed by atoms with Crippen molar-refractivity contribution in [2.45, 2.75) is 13.8 Å². The van der Waals surface area contributed by atoms with Gasteiger partial charge in [-0.2, -0.15) is 25.3 Å². The Morgan fingerprint density at radius 1 is 0.941 bits per heavy atom. The van der Waals surface area contributed by atoms with Crippen LogP contribution in [-0.4, -0.2) is 23.6 Å². The summed E-state index contributed by atoms with van der Waals surface area (Å²) in [6.45, 7) is 3.26. The molecule has 17 heavy (non-hydrogen) atoms. The third-order valence-corrected chi connectivity index (χ3v) is 1.44. The zero-order valence-electron chi connectivity index (χ0n) is 10.8. The number of thiol groups is 2. The Bertz CT molecular complexity index is 245. The molecule has 0 spiro atoms. The van der Waals surface area contributed by atoms with Crippen molar-refractivity contribution in [3.8, 4) is 0 Å². The van der Waals surface area contributed by atoms with E-state index in [1.165, 1.54) is 0 Å². The van der Waals surface area contributed by atoms with Gasteiger partial charge in [0.2, 0.25) is 0 Å². The van der Waals surface area contributed by atoms with Crippen molar-refractivity contribution < 1.29 is 9.90 Å². The molecule has 0 bridgehead atoms. The summed E-state index contributed by atoms with van der Waals surface area (Å²) in [6.07, 6.45) is 4.95. The molecular weight excluding hydrogens is 252 g/mol. The lowest BCUT2D eigenvalue weighted by Crippen LogP contribution is -1.93. The van der Waals surface area contributed by atoms with Gasteiger partial charge in [0.25, 0.3) is 0 Å². The zero-order valence-corrected chi connectivity index (χ0v) is 12.6. The van der Waals surface area contributed by atoms with Crippen molar-refractivity contribution in [1.82, 2.24) is 0 Å². The Balaban J connectivity index is -0.000000179. The van der Waals surface area contributed by atoms with E-state index in [-0.39, 0.29) is 0 Å². The van der Waals surface area contributed by atoms with Gasteiger partial charge in [0, 0.05) is 5.57 Å². The van der Waals surface area contributed by atoms with Gasteiger partial charge in [0.1, 0.15) is 0 Å². The quantitative estimate of drug-likeness (QED) is 0.538. The van der Waals surface area contributed by atoms with Crippen molar-refractivity contribution in [2.75, 3.05) is 12.5 Å². The predicted octanol–water partition coefficient (Wildman–Crippen LogP) is 3.82. The lowest BCUT2D eigenvalue weighted by Gasteiger charge is -1.84. The van der Waals surface area contributed by atoms with E-state index < -0.39 is 5.97 Å². The SMILES string of the molecule is CC=C(C)C(=O)O.CS.CS.c1ccccc1. The minimum Gasteiger partial charge on any atom is -0.478 e. The zero-order chi connectivity index (χ0) is 14.1. The number of aliphatic carboxylic acids is 1. The average Bonchev–Trinajstić information content (AvgIpc) is 2.44. The first-order chi connectivity index (χ1) is 8.18. The average molecular weight is 274 g/mol. The molecule has 0 saturated heterocycles. The number of hydrogen-bond donors (Lipinski definition) is 3. The number of allylic oxidation sites excluding steroid dienone is 1. The Morgan fingerprint density at radius 2 is 1.18 bits per heavy atom. The van der Waals surface area contributed by atoms with Crippen LogP contribution in [0.25, 0.3) is 0 Å². The molecular formula is C13H22O2S2. The van der Waals surface area contributed by atoms with Gasteiger partial charge in [-0.1, -0.05) is 42.5 Å². The van der Waals surface area contributed by atoms with Crippen LogP contribution in [-0.2, 0) is 4.79 Å². The van der Waals surface area contributed by atoms with Gasteiger partial charge in [-0.25, -0.2) is 4.79 Å². The highest BCUT2D eigenvalue weighted by molar-refractivity contribution is 7.79. The number of carboxylic acids is 1. The minimum atomic E-state index is -0.845. The van der Waals surface area contributed by atoms with Gasteiger partial charge in [0.15, 0.2) is 0 Å². The van der Waals surface area contributed by atoms with E-state index in [9.17, 15) is 4.79 Å². The molecule has 1 aromatic carbocycles. The van der Waals surface area contributed by atoms with Crippen molar-refractivity contribution in [3.63, 3.8) is 0 Å². The molecule has 0 fully saturated rings. The Kier molecular flexibility index (Phi) is 25.9. The largest absolute Gasteiger partial charge is 0.478 e. The first-order valence-corrected chi connectivity index (χ1v) is 6.73. The fourth-order valence-electron chi connectivity index (χ4n) is 0.508. The Hall–Kier alpha value is -0.870. The number of rotatable bonds is 1. The number of hydrogen-bond acceptors (Lipinski definition) is 3. The van der Waals surface area contributed by atoms with Gasteiger partial charge < -0.3 is 5.11 Å². The topological polar surface area (TPSA) is 37.3 Å². The van der Waals surface area contributed by atoms with Crippen LogP contribution in [0, 0.1) is 0 Å². The summed E-state index contributed by atoms with van der Waals surface area (Å²) in [5, 5.41) is 8.11. The molecule has 0 heterocycles. The first kappa shape index (κ1) is 21.4. The first-order valence-electron chi connectivity index (χ1n) is 4.94. The number of carboxylic acid groups (broad SMARTS) is 1. The van der Waals surface area contributed by atoms with Crippen molar-refractivity contribution in [1.29, 1.82) is 0 Å². The van der Waals surface area contributed by atoms with Crippen molar-refractivity contribution >= 4 is 31.2 Å². The summed E-state index contributed by atoms with van der Waals surface area (Å²) >= 11 is 7.06. The van der Waals surface area contributed by atoms with E-state index in [1.54, 1.807) is 32.4 Å². The van der Waals surface area contributed by atoms with Crippen LogP contribution in [0.4, 0.5) is 0 Å². The predicted molar refractivity (Wildman–Crippen MR) is 83.3 cm³/mol. The summed E-state index contributed by atoms with van der Waals surface area (Å²) in [5.74, 6) is -0.845. The molecule has 1 rings (SSSR count). The smallest absolute Gasteiger partial charge is 0.330 e. The molecule has 4 heteroatoms. The van der Waals surface area contributed by atoms with E-state index >= 15 is 0 Å². The molecule has 0 atom stereocenters. The Morgan fingerprint density at radius 3 is 1.24 bits per heavy atom. The molecule has 0 amide bonds. The fourth-order valence-corrected chi connectivity index (χ4v) is 0.508. The highest BCUT2D eigenvalue weighted by Gasteiger charge is 1.93. The Labute approximate surface area is 116 Å². The van der Waals surface area contributed by atoms with Crippen LogP contribution in [0.15, 0.2) is 48.0 Å². The molecule has 98 valence electrons. The summed E-state index contributed by atoms with van der Waals surface area (Å²) in [7, 11) is 0. The highest BCUT2D eigenvalue weighted by atomic mass is 32.1. The third kappa shape index (κ3) is 21.1. The molecule has 1 N–H and O–H groups in total. The third-order valence-electron chi connectivity index (χ3n) is 1.44. The van der Waals surface area contributed by atoms with E-state index in [2.05, 4.69) is 25.3 Å². The van der Waals surface area contributed by atoms with E-state index in [0.717, 1.165) is 0 Å². The van der Waals surface area contributed by atoms with Crippen LogP contribution in [0.1, 0.15) is 13.8 Å². The molecule has 0 aliphatic rings. The van der Waals surface area contributed by atoms with Crippen LogP contribution < -0.4 is 0 Å². The maximum absolute atomic E-state index is 9.86. The molecule has 0 radical (unpaired) electrons. The molecule has 0 aliphatic carbocycles. The standard InChI is InChI=1S/C6H6.C5H8O2.2CH4S/c1-2-4-6-5-3-1;1-3-4(2)5(6)7;2*1-2/h1-6H;3H,1-2H3,(H,6,7);2*2H,1H3. The van der Waals surface area contributed by atoms with Crippen molar-refractivity contribution in [2.24, 2.45) is 0 Å². The highest BCUT2D eigenvalue weighted by Crippen LogP contribution is 1.87. The summed E-state index contributed by atoms with van der Waals surface area (Å²) in [5.41, 5.74) is 0.389. The van der Waals surface area contributed by atoms with Crippen LogP contribution in [0.2, 0.25) is 0 Å². The second kappa shape index (κ2) is 20.5. The molecule has 1 aromatic rings.